The number of aliphatic hydroxyl groups excluding tert-OH is 3. The average Bonchev–Trinajstić information content (AvgIpc) is 2.65. The van der Waals surface area contributed by atoms with Crippen LogP contribution in [-0.2, 0) is 14.3 Å². The quantitative estimate of drug-likeness (QED) is 0.482. The summed E-state index contributed by atoms with van der Waals surface area (Å²) in [6, 6.07) is 0. The topological polar surface area (TPSA) is 96.2 Å². The highest BCUT2D eigenvalue weighted by Crippen LogP contribution is 2.25. The summed E-state index contributed by atoms with van der Waals surface area (Å²) >= 11 is 0. The van der Waals surface area contributed by atoms with Crippen LogP contribution in [0.3, 0.4) is 0 Å². The minimum atomic E-state index is -1.19. The monoisotopic (exact) mass is 406 g/mol. The lowest BCUT2D eigenvalue weighted by Gasteiger charge is -2.28. The first kappa shape index (κ1) is 23.5. The van der Waals surface area contributed by atoms with E-state index in [1.54, 1.807) is 18.2 Å². The molecule has 3 N–H and O–H groups in total. The van der Waals surface area contributed by atoms with Crippen molar-refractivity contribution in [2.24, 2.45) is 5.92 Å². The van der Waals surface area contributed by atoms with Crippen LogP contribution in [0.4, 0.5) is 0 Å². The molecule has 6 heteroatoms. The minimum Gasteiger partial charge on any atom is -0.456 e. The number of aliphatic hydroxyl groups is 3. The smallest absolute Gasteiger partial charge is 0.330 e. The highest BCUT2D eigenvalue weighted by Gasteiger charge is 2.22. The second kappa shape index (κ2) is 12.1. The van der Waals surface area contributed by atoms with Gasteiger partial charge in [-0.15, -0.1) is 0 Å². The molecular formula is C23H34O6. The zero-order valence-corrected chi connectivity index (χ0v) is 17.2. The van der Waals surface area contributed by atoms with Crippen LogP contribution in [0.5, 0.6) is 0 Å². The van der Waals surface area contributed by atoms with Gasteiger partial charge in [-0.25, -0.2) is 4.79 Å². The summed E-state index contributed by atoms with van der Waals surface area (Å²) in [6.45, 7) is 5.74. The Hall–Kier alpha value is -1.73. The normalized spacial score (nSPS) is 35.8. The molecule has 0 aromatic carbocycles. The molecular weight excluding hydrogens is 372 g/mol. The third kappa shape index (κ3) is 8.66. The zero-order valence-electron chi connectivity index (χ0n) is 17.2. The van der Waals surface area contributed by atoms with Gasteiger partial charge in [0.2, 0.25) is 0 Å². The molecule has 2 aliphatic heterocycles. The van der Waals surface area contributed by atoms with Crippen molar-refractivity contribution >= 4 is 5.97 Å². The van der Waals surface area contributed by atoms with E-state index in [0.29, 0.717) is 18.8 Å². The van der Waals surface area contributed by atoms with E-state index in [1.807, 2.05) is 6.08 Å². The third-order valence-electron chi connectivity index (χ3n) is 5.15. The molecule has 2 aliphatic rings. The minimum absolute atomic E-state index is 0.0873. The van der Waals surface area contributed by atoms with Gasteiger partial charge in [0, 0.05) is 12.5 Å². The van der Waals surface area contributed by atoms with E-state index in [9.17, 15) is 20.1 Å². The fourth-order valence-electron chi connectivity index (χ4n) is 3.75. The molecule has 2 rings (SSSR count). The van der Waals surface area contributed by atoms with E-state index >= 15 is 0 Å². The summed E-state index contributed by atoms with van der Waals surface area (Å²) in [5.41, 5.74) is 0.972. The maximum absolute atomic E-state index is 12.1. The summed E-state index contributed by atoms with van der Waals surface area (Å²) in [5.74, 6) is -0.194. The summed E-state index contributed by atoms with van der Waals surface area (Å²) in [7, 11) is 0. The Morgan fingerprint density at radius 1 is 1.17 bits per heavy atom. The molecule has 0 fully saturated rings. The first-order chi connectivity index (χ1) is 13.9. The van der Waals surface area contributed by atoms with Crippen molar-refractivity contribution in [2.45, 2.75) is 76.0 Å². The van der Waals surface area contributed by atoms with Gasteiger partial charge in [0.05, 0.1) is 24.9 Å². The van der Waals surface area contributed by atoms with Crippen LogP contribution in [0, 0.1) is 5.92 Å². The van der Waals surface area contributed by atoms with Gasteiger partial charge in [-0.3, -0.25) is 0 Å². The molecule has 2 bridgehead atoms. The summed E-state index contributed by atoms with van der Waals surface area (Å²) in [6.07, 6.45) is 11.5. The van der Waals surface area contributed by atoms with E-state index in [2.05, 4.69) is 19.6 Å². The van der Waals surface area contributed by atoms with Crippen molar-refractivity contribution in [3.05, 3.63) is 48.6 Å². The van der Waals surface area contributed by atoms with Crippen molar-refractivity contribution in [2.75, 3.05) is 6.61 Å². The average molecular weight is 407 g/mol. The Labute approximate surface area is 173 Å². The highest BCUT2D eigenvalue weighted by atomic mass is 16.6. The molecule has 0 saturated heterocycles. The first-order valence-corrected chi connectivity index (χ1v) is 10.4. The first-order valence-electron chi connectivity index (χ1n) is 10.4. The molecule has 0 saturated carbocycles. The van der Waals surface area contributed by atoms with Crippen LogP contribution in [0.15, 0.2) is 48.6 Å². The van der Waals surface area contributed by atoms with Crippen LogP contribution in [0.1, 0.15) is 45.4 Å². The van der Waals surface area contributed by atoms with Gasteiger partial charge in [-0.05, 0) is 38.0 Å². The number of carbonyl (C=O) groups is 1. The number of hydrogen-bond acceptors (Lipinski definition) is 6. The van der Waals surface area contributed by atoms with Gasteiger partial charge in [0.25, 0.3) is 0 Å². The van der Waals surface area contributed by atoms with E-state index < -0.39 is 30.9 Å². The Morgan fingerprint density at radius 3 is 2.69 bits per heavy atom. The van der Waals surface area contributed by atoms with Gasteiger partial charge in [-0.2, -0.15) is 0 Å². The van der Waals surface area contributed by atoms with Gasteiger partial charge < -0.3 is 24.8 Å². The fraction of sp³-hybridized carbons (Fsp3) is 0.609. The lowest BCUT2D eigenvalue weighted by atomic mass is 9.91. The van der Waals surface area contributed by atoms with Crippen LogP contribution in [-0.4, -0.2) is 58.4 Å². The molecule has 0 aromatic rings. The van der Waals surface area contributed by atoms with Crippen molar-refractivity contribution in [3.63, 3.8) is 0 Å². The van der Waals surface area contributed by atoms with Crippen molar-refractivity contribution in [3.8, 4) is 0 Å². The number of hydrogen-bond donors (Lipinski definition) is 3. The van der Waals surface area contributed by atoms with E-state index in [-0.39, 0.29) is 18.6 Å². The van der Waals surface area contributed by atoms with E-state index in [1.165, 1.54) is 6.08 Å². The number of carbonyl (C=O) groups excluding carboxylic acids is 1. The second-order valence-electron chi connectivity index (χ2n) is 8.05. The van der Waals surface area contributed by atoms with Gasteiger partial charge in [0.1, 0.15) is 12.2 Å². The number of fused-ring (bicyclic) bond motifs is 2. The maximum Gasteiger partial charge on any atom is 0.330 e. The molecule has 1 unspecified atom stereocenters. The predicted octanol–water partition coefficient (Wildman–Crippen LogP) is 2.59. The van der Waals surface area contributed by atoms with Crippen molar-refractivity contribution in [1.82, 2.24) is 0 Å². The summed E-state index contributed by atoms with van der Waals surface area (Å²) in [5, 5.41) is 29.4. The maximum atomic E-state index is 12.1. The van der Waals surface area contributed by atoms with Gasteiger partial charge in [0.15, 0.2) is 0 Å². The van der Waals surface area contributed by atoms with Crippen LogP contribution >= 0.6 is 0 Å². The molecule has 162 valence electrons. The van der Waals surface area contributed by atoms with Crippen LogP contribution in [0.2, 0.25) is 0 Å². The molecule has 0 amide bonds. The lowest BCUT2D eigenvalue weighted by molar-refractivity contribution is -0.150. The number of rotatable bonds is 2. The zero-order chi connectivity index (χ0) is 21.2. The molecule has 2 heterocycles. The highest BCUT2D eigenvalue weighted by molar-refractivity contribution is 5.82. The Bertz CT molecular complexity index is 623. The summed E-state index contributed by atoms with van der Waals surface area (Å²) in [4.78, 5) is 12.1. The SMILES string of the molecule is C=C1CC(O)/C=C/C[C@@H]([C@@H](O)CO)OC(=O)/C=C\C[C@@H]2C=CC[C@@H](C[C@@H](C)C1)O2. The molecule has 0 spiro atoms. The second-order valence-corrected chi connectivity index (χ2v) is 8.05. The number of cyclic esters (lactones) is 1. The van der Waals surface area contributed by atoms with Crippen LogP contribution in [0.25, 0.3) is 0 Å². The Balaban J connectivity index is 2.11. The van der Waals surface area contributed by atoms with E-state index in [4.69, 9.17) is 9.47 Å². The molecule has 29 heavy (non-hydrogen) atoms. The fourth-order valence-corrected chi connectivity index (χ4v) is 3.75. The number of ether oxygens (including phenoxy) is 2. The molecule has 0 aromatic heterocycles. The summed E-state index contributed by atoms with van der Waals surface area (Å²) < 4.78 is 11.4. The van der Waals surface area contributed by atoms with E-state index in [0.717, 1.165) is 24.8 Å². The molecule has 6 atom stereocenters. The molecule has 0 radical (unpaired) electrons. The largest absolute Gasteiger partial charge is 0.456 e. The molecule has 6 nitrogen and oxygen atoms in total. The van der Waals surface area contributed by atoms with Crippen LogP contribution < -0.4 is 0 Å². The van der Waals surface area contributed by atoms with Crippen molar-refractivity contribution < 1.29 is 29.6 Å². The number of esters is 1. The molecule has 0 aliphatic carbocycles. The van der Waals surface area contributed by atoms with Gasteiger partial charge in [-0.1, -0.05) is 49.5 Å². The Morgan fingerprint density at radius 2 is 1.93 bits per heavy atom. The lowest BCUT2D eigenvalue weighted by Crippen LogP contribution is -2.33. The predicted molar refractivity (Wildman–Crippen MR) is 111 cm³/mol. The van der Waals surface area contributed by atoms with Crippen molar-refractivity contribution in [1.29, 1.82) is 0 Å². The Kier molecular flexibility index (Phi) is 9.81. The standard InChI is InChI=1S/C23H34O6/c1-16-12-17(2)14-20-9-4-7-19(28-20)8-5-11-23(27)29-22(21(26)15-24)10-3-6-18(25)13-16/h3-7,11,17-22,24-26H,1,8-10,12-15H2,2H3/b6-3+,11-5-/t17-,18?,19-,20-,21-,22-/m0/s1. The third-order valence-corrected chi connectivity index (χ3v) is 5.15. The van der Waals surface area contributed by atoms with Gasteiger partial charge >= 0.3 is 5.97 Å².